The lowest BCUT2D eigenvalue weighted by Gasteiger charge is -2.12. The van der Waals surface area contributed by atoms with E-state index in [1.54, 1.807) is 24.8 Å². The molecule has 0 amide bonds. The van der Waals surface area contributed by atoms with Crippen molar-refractivity contribution in [3.8, 4) is 6.07 Å². The lowest BCUT2D eigenvalue weighted by Crippen LogP contribution is -1.95. The molecule has 1 N–H and O–H groups in total. The molecule has 0 saturated heterocycles. The standard InChI is InChI=1S/C15H12BrNOS/c1-10(18)12-7-6-11(9-17)8-15(12)19-14-5-3-2-4-13(14)16/h2-8,10,18H,1H3. The zero-order chi connectivity index (χ0) is 13.8. The van der Waals surface area contributed by atoms with Crippen LogP contribution in [0.2, 0.25) is 0 Å². The van der Waals surface area contributed by atoms with Crippen molar-refractivity contribution in [2.45, 2.75) is 22.8 Å². The van der Waals surface area contributed by atoms with Gasteiger partial charge in [-0.15, -0.1) is 0 Å². The Labute approximate surface area is 125 Å². The second-order valence-electron chi connectivity index (χ2n) is 4.07. The van der Waals surface area contributed by atoms with Crippen molar-refractivity contribution < 1.29 is 5.11 Å². The molecule has 2 aromatic rings. The maximum atomic E-state index is 9.81. The Balaban J connectivity index is 2.44. The highest BCUT2D eigenvalue weighted by Gasteiger charge is 2.11. The van der Waals surface area contributed by atoms with Crippen molar-refractivity contribution in [1.29, 1.82) is 5.26 Å². The summed E-state index contributed by atoms with van der Waals surface area (Å²) in [5, 5.41) is 18.8. The van der Waals surface area contributed by atoms with Gasteiger partial charge < -0.3 is 5.11 Å². The van der Waals surface area contributed by atoms with Gasteiger partial charge in [0.05, 0.1) is 17.7 Å². The van der Waals surface area contributed by atoms with Gasteiger partial charge in [-0.05, 0) is 52.7 Å². The quantitative estimate of drug-likeness (QED) is 0.897. The predicted octanol–water partition coefficient (Wildman–Crippen LogP) is 4.53. The zero-order valence-corrected chi connectivity index (χ0v) is 12.7. The van der Waals surface area contributed by atoms with Crippen LogP contribution in [0.25, 0.3) is 0 Å². The monoisotopic (exact) mass is 333 g/mol. The molecule has 0 aromatic heterocycles. The van der Waals surface area contributed by atoms with Gasteiger partial charge in [0.15, 0.2) is 0 Å². The minimum Gasteiger partial charge on any atom is -0.389 e. The second kappa shape index (κ2) is 6.25. The summed E-state index contributed by atoms with van der Waals surface area (Å²) in [5.74, 6) is 0. The van der Waals surface area contributed by atoms with Crippen LogP contribution in [0.15, 0.2) is 56.7 Å². The van der Waals surface area contributed by atoms with E-state index in [1.165, 1.54) is 0 Å². The van der Waals surface area contributed by atoms with E-state index in [4.69, 9.17) is 5.26 Å². The summed E-state index contributed by atoms with van der Waals surface area (Å²) in [6.45, 7) is 1.73. The molecule has 2 aromatic carbocycles. The number of rotatable bonds is 3. The van der Waals surface area contributed by atoms with E-state index < -0.39 is 6.10 Å². The number of hydrogen-bond acceptors (Lipinski definition) is 3. The first-order chi connectivity index (χ1) is 9.11. The van der Waals surface area contributed by atoms with Gasteiger partial charge in [-0.2, -0.15) is 5.26 Å². The molecule has 96 valence electrons. The minimum absolute atomic E-state index is 0.558. The number of hydrogen-bond donors (Lipinski definition) is 1. The highest BCUT2D eigenvalue weighted by molar-refractivity contribution is 9.10. The fourth-order valence-corrected chi connectivity index (χ4v) is 3.30. The van der Waals surface area contributed by atoms with Crippen molar-refractivity contribution in [1.82, 2.24) is 0 Å². The van der Waals surface area contributed by atoms with Crippen LogP contribution in [0.5, 0.6) is 0 Å². The number of nitrogens with zero attached hydrogens (tertiary/aromatic N) is 1. The first-order valence-electron chi connectivity index (χ1n) is 5.76. The van der Waals surface area contributed by atoms with Crippen molar-refractivity contribution >= 4 is 27.7 Å². The van der Waals surface area contributed by atoms with Gasteiger partial charge in [0.1, 0.15) is 0 Å². The molecule has 0 heterocycles. The summed E-state index contributed by atoms with van der Waals surface area (Å²) in [4.78, 5) is 1.96. The SMILES string of the molecule is CC(O)c1ccc(C#N)cc1Sc1ccccc1Br. The number of aliphatic hydroxyl groups is 1. The third kappa shape index (κ3) is 3.38. The smallest absolute Gasteiger partial charge is 0.0992 e. The molecule has 0 radical (unpaired) electrons. The molecule has 0 bridgehead atoms. The molecule has 0 aliphatic rings. The molecule has 0 spiro atoms. The largest absolute Gasteiger partial charge is 0.389 e. The summed E-state index contributed by atoms with van der Waals surface area (Å²) < 4.78 is 0.999. The normalized spacial score (nSPS) is 11.9. The average Bonchev–Trinajstić information content (AvgIpc) is 2.41. The Morgan fingerprint density at radius 3 is 2.58 bits per heavy atom. The maximum absolute atomic E-state index is 9.81. The van der Waals surface area contributed by atoms with E-state index in [0.717, 1.165) is 19.8 Å². The third-order valence-corrected chi connectivity index (χ3v) is 4.75. The van der Waals surface area contributed by atoms with E-state index >= 15 is 0 Å². The van der Waals surface area contributed by atoms with Gasteiger partial charge in [0.25, 0.3) is 0 Å². The Bertz CT molecular complexity index is 634. The second-order valence-corrected chi connectivity index (χ2v) is 6.01. The van der Waals surface area contributed by atoms with Crippen molar-refractivity contribution in [2.24, 2.45) is 0 Å². The molecular weight excluding hydrogens is 322 g/mol. The van der Waals surface area contributed by atoms with Gasteiger partial charge >= 0.3 is 0 Å². The van der Waals surface area contributed by atoms with Gasteiger partial charge in [0, 0.05) is 14.3 Å². The van der Waals surface area contributed by atoms with Crippen LogP contribution in [0.1, 0.15) is 24.2 Å². The van der Waals surface area contributed by atoms with E-state index in [0.29, 0.717) is 5.56 Å². The molecule has 1 atom stereocenters. The van der Waals surface area contributed by atoms with E-state index in [2.05, 4.69) is 22.0 Å². The van der Waals surface area contributed by atoms with Crippen molar-refractivity contribution in [3.63, 3.8) is 0 Å². The number of nitriles is 1. The fourth-order valence-electron chi connectivity index (χ4n) is 1.68. The minimum atomic E-state index is -0.558. The molecule has 0 aliphatic heterocycles. The molecule has 1 unspecified atom stereocenters. The molecule has 2 rings (SSSR count). The van der Waals surface area contributed by atoms with Crippen LogP contribution in [0.3, 0.4) is 0 Å². The first kappa shape index (κ1) is 14.1. The molecule has 0 saturated carbocycles. The first-order valence-corrected chi connectivity index (χ1v) is 7.37. The molecule has 2 nitrogen and oxygen atoms in total. The van der Waals surface area contributed by atoms with Gasteiger partial charge in [-0.1, -0.05) is 30.0 Å². The van der Waals surface area contributed by atoms with E-state index in [-0.39, 0.29) is 0 Å². The average molecular weight is 334 g/mol. The Morgan fingerprint density at radius 1 is 1.21 bits per heavy atom. The van der Waals surface area contributed by atoms with Crippen LogP contribution in [0, 0.1) is 11.3 Å². The van der Waals surface area contributed by atoms with Crippen molar-refractivity contribution in [3.05, 3.63) is 58.1 Å². The molecule has 0 aliphatic carbocycles. The van der Waals surface area contributed by atoms with Crippen LogP contribution >= 0.6 is 27.7 Å². The van der Waals surface area contributed by atoms with Crippen LogP contribution in [-0.2, 0) is 0 Å². The van der Waals surface area contributed by atoms with E-state index in [1.807, 2.05) is 36.4 Å². The highest BCUT2D eigenvalue weighted by atomic mass is 79.9. The number of halogens is 1. The Kier molecular flexibility index (Phi) is 4.65. The number of aliphatic hydroxyl groups excluding tert-OH is 1. The van der Waals surface area contributed by atoms with Crippen LogP contribution in [0.4, 0.5) is 0 Å². The molecular formula is C15H12BrNOS. The summed E-state index contributed by atoms with van der Waals surface area (Å²) in [5.41, 5.74) is 1.43. The van der Waals surface area contributed by atoms with Gasteiger partial charge in [0.2, 0.25) is 0 Å². The van der Waals surface area contributed by atoms with Gasteiger partial charge in [-0.25, -0.2) is 0 Å². The topological polar surface area (TPSA) is 44.0 Å². The zero-order valence-electron chi connectivity index (χ0n) is 10.3. The highest BCUT2D eigenvalue weighted by Crippen LogP contribution is 2.37. The third-order valence-electron chi connectivity index (χ3n) is 2.65. The summed E-state index contributed by atoms with van der Waals surface area (Å²) in [7, 11) is 0. The molecule has 4 heteroatoms. The van der Waals surface area contributed by atoms with Crippen molar-refractivity contribution in [2.75, 3.05) is 0 Å². The number of benzene rings is 2. The maximum Gasteiger partial charge on any atom is 0.0992 e. The Hall–Kier alpha value is -1.28. The summed E-state index contributed by atoms with van der Waals surface area (Å²) in [6, 6.07) is 15.4. The van der Waals surface area contributed by atoms with Crippen LogP contribution in [-0.4, -0.2) is 5.11 Å². The van der Waals surface area contributed by atoms with E-state index in [9.17, 15) is 5.11 Å². The predicted molar refractivity (Wildman–Crippen MR) is 80.1 cm³/mol. The van der Waals surface area contributed by atoms with Gasteiger partial charge in [-0.3, -0.25) is 0 Å². The Morgan fingerprint density at radius 2 is 1.95 bits per heavy atom. The molecule has 0 fully saturated rings. The lowest BCUT2D eigenvalue weighted by atomic mass is 10.1. The van der Waals surface area contributed by atoms with Crippen LogP contribution < -0.4 is 0 Å². The lowest BCUT2D eigenvalue weighted by molar-refractivity contribution is 0.196. The molecule has 19 heavy (non-hydrogen) atoms. The summed E-state index contributed by atoms with van der Waals surface area (Å²) in [6.07, 6.45) is -0.558. The summed E-state index contributed by atoms with van der Waals surface area (Å²) >= 11 is 5.04. The fraction of sp³-hybridized carbons (Fsp3) is 0.133.